The van der Waals surface area contributed by atoms with Crippen LogP contribution in [0.1, 0.15) is 33.6 Å². The van der Waals surface area contributed by atoms with E-state index in [0.717, 1.165) is 0 Å². The number of sulfone groups is 1. The van der Waals surface area contributed by atoms with Crippen molar-refractivity contribution in [3.8, 4) is 0 Å². The predicted molar refractivity (Wildman–Crippen MR) is 72.3 cm³/mol. The molecule has 1 unspecified atom stereocenters. The van der Waals surface area contributed by atoms with Crippen LogP contribution in [-0.2, 0) is 19.4 Å². The van der Waals surface area contributed by atoms with E-state index in [4.69, 9.17) is 0 Å². The maximum absolute atomic E-state index is 12.1. The first kappa shape index (κ1) is 15.9. The lowest BCUT2D eigenvalue weighted by Gasteiger charge is -2.23. The van der Waals surface area contributed by atoms with Crippen LogP contribution < -0.4 is 5.32 Å². The zero-order valence-electron chi connectivity index (χ0n) is 11.7. The topological polar surface area (TPSA) is 83.6 Å². The molecular formula is C12H22N2O4S. The third kappa shape index (κ3) is 4.19. The zero-order valence-corrected chi connectivity index (χ0v) is 12.5. The molecule has 7 heteroatoms. The van der Waals surface area contributed by atoms with Crippen molar-refractivity contribution in [3.05, 3.63) is 0 Å². The molecule has 0 bridgehead atoms. The Morgan fingerprint density at radius 1 is 1.37 bits per heavy atom. The smallest absolute Gasteiger partial charge is 0.245 e. The fraction of sp³-hybridized carbons (Fsp3) is 0.833. The highest BCUT2D eigenvalue weighted by Crippen LogP contribution is 2.08. The Hall–Kier alpha value is -1.11. The van der Waals surface area contributed by atoms with E-state index < -0.39 is 21.1 Å². The summed E-state index contributed by atoms with van der Waals surface area (Å²) in [4.78, 5) is 25.0. The Balaban J connectivity index is 2.71. The van der Waals surface area contributed by atoms with Crippen LogP contribution in [-0.4, -0.2) is 55.3 Å². The first-order valence-corrected chi connectivity index (χ1v) is 8.29. The van der Waals surface area contributed by atoms with Gasteiger partial charge in [-0.25, -0.2) is 8.42 Å². The molecule has 0 spiro atoms. The lowest BCUT2D eigenvalue weighted by Crippen LogP contribution is -2.45. The number of hydrogen-bond donors (Lipinski definition) is 1. The molecular weight excluding hydrogens is 268 g/mol. The van der Waals surface area contributed by atoms with Crippen LogP contribution in [0.5, 0.6) is 0 Å². The highest BCUT2D eigenvalue weighted by molar-refractivity contribution is 7.92. The van der Waals surface area contributed by atoms with E-state index in [9.17, 15) is 18.0 Å². The summed E-state index contributed by atoms with van der Waals surface area (Å²) in [6.45, 7) is 5.51. The Morgan fingerprint density at radius 3 is 2.53 bits per heavy atom. The number of nitrogens with one attached hydrogen (secondary N) is 1. The Labute approximate surface area is 114 Å². The van der Waals surface area contributed by atoms with Crippen LogP contribution in [0.4, 0.5) is 0 Å². The van der Waals surface area contributed by atoms with Gasteiger partial charge in [-0.3, -0.25) is 9.59 Å². The minimum Gasteiger partial charge on any atom is -0.344 e. The summed E-state index contributed by atoms with van der Waals surface area (Å²) in [6, 6.07) is -0.531. The molecule has 1 rings (SSSR count). The molecule has 1 aliphatic heterocycles. The molecule has 6 nitrogen and oxygen atoms in total. The second-order valence-corrected chi connectivity index (χ2v) is 7.70. The standard InChI is InChI=1S/C12H22N2O4S/c1-4-10-12(16)14(6-5-11(15)13-10)7-8-19(17,18)9(2)3/h9-10H,4-8H2,1-3H3,(H,13,15). The maximum Gasteiger partial charge on any atom is 0.245 e. The molecule has 0 aliphatic carbocycles. The van der Waals surface area contributed by atoms with Gasteiger partial charge in [0.05, 0.1) is 11.0 Å². The lowest BCUT2D eigenvalue weighted by molar-refractivity contribution is -0.133. The average Bonchev–Trinajstić information content (AvgIpc) is 2.47. The molecule has 0 aromatic rings. The Bertz CT molecular complexity index is 445. The molecule has 0 aromatic carbocycles. The van der Waals surface area contributed by atoms with E-state index in [1.807, 2.05) is 6.92 Å². The van der Waals surface area contributed by atoms with Gasteiger partial charge in [0.2, 0.25) is 11.8 Å². The molecule has 1 atom stereocenters. The first-order chi connectivity index (χ1) is 8.77. The molecule has 1 N–H and O–H groups in total. The summed E-state index contributed by atoms with van der Waals surface area (Å²) in [5, 5.41) is 2.20. The van der Waals surface area contributed by atoms with Gasteiger partial charge in [-0.05, 0) is 20.3 Å². The minimum atomic E-state index is -3.17. The van der Waals surface area contributed by atoms with Crippen LogP contribution in [0.25, 0.3) is 0 Å². The molecule has 19 heavy (non-hydrogen) atoms. The highest BCUT2D eigenvalue weighted by atomic mass is 32.2. The number of amides is 2. The lowest BCUT2D eigenvalue weighted by atomic mass is 10.2. The first-order valence-electron chi connectivity index (χ1n) is 6.57. The van der Waals surface area contributed by atoms with Gasteiger partial charge in [-0.2, -0.15) is 0 Å². The Morgan fingerprint density at radius 2 is 2.00 bits per heavy atom. The molecule has 1 saturated heterocycles. The number of nitrogens with zero attached hydrogens (tertiary/aromatic N) is 1. The van der Waals surface area contributed by atoms with Crippen LogP contribution in [0, 0.1) is 0 Å². The molecule has 0 saturated carbocycles. The van der Waals surface area contributed by atoms with Crippen molar-refractivity contribution in [3.63, 3.8) is 0 Å². The van der Waals surface area contributed by atoms with Crippen LogP contribution in [0.3, 0.4) is 0 Å². The summed E-state index contributed by atoms with van der Waals surface area (Å²) in [6.07, 6.45) is 0.738. The number of carbonyl (C=O) groups is 2. The van der Waals surface area contributed by atoms with E-state index in [-0.39, 0.29) is 37.1 Å². The van der Waals surface area contributed by atoms with Crippen LogP contribution in [0.15, 0.2) is 0 Å². The SMILES string of the molecule is CCC1NC(=O)CCN(CCS(=O)(=O)C(C)C)C1=O. The third-order valence-corrected chi connectivity index (χ3v) is 5.51. The second-order valence-electron chi connectivity index (χ2n) is 5.02. The van der Waals surface area contributed by atoms with Crippen molar-refractivity contribution in [2.75, 3.05) is 18.8 Å². The van der Waals surface area contributed by atoms with Crippen molar-refractivity contribution in [2.45, 2.75) is 44.9 Å². The number of carbonyl (C=O) groups excluding carboxylic acids is 2. The van der Waals surface area contributed by atoms with Crippen molar-refractivity contribution < 1.29 is 18.0 Å². The summed E-state index contributed by atoms with van der Waals surface area (Å²) in [5.74, 6) is -0.400. The van der Waals surface area contributed by atoms with Gasteiger partial charge in [0.15, 0.2) is 9.84 Å². The largest absolute Gasteiger partial charge is 0.344 e. The van der Waals surface area contributed by atoms with E-state index in [1.165, 1.54) is 4.90 Å². The van der Waals surface area contributed by atoms with Crippen molar-refractivity contribution in [2.24, 2.45) is 0 Å². The quantitative estimate of drug-likeness (QED) is 0.768. The highest BCUT2D eigenvalue weighted by Gasteiger charge is 2.29. The normalized spacial score (nSPS) is 21.5. The van der Waals surface area contributed by atoms with Gasteiger partial charge in [0.25, 0.3) is 0 Å². The fourth-order valence-electron chi connectivity index (χ4n) is 1.87. The monoisotopic (exact) mass is 290 g/mol. The number of rotatable bonds is 5. The molecule has 110 valence electrons. The summed E-state index contributed by atoms with van der Waals surface area (Å²) in [7, 11) is -3.17. The van der Waals surface area contributed by atoms with Crippen molar-refractivity contribution >= 4 is 21.7 Å². The van der Waals surface area contributed by atoms with Crippen molar-refractivity contribution in [1.82, 2.24) is 10.2 Å². The van der Waals surface area contributed by atoms with Gasteiger partial charge in [-0.1, -0.05) is 6.92 Å². The predicted octanol–water partition coefficient (Wildman–Crippen LogP) is -0.0633. The van der Waals surface area contributed by atoms with Gasteiger partial charge in [-0.15, -0.1) is 0 Å². The third-order valence-electron chi connectivity index (χ3n) is 3.33. The van der Waals surface area contributed by atoms with Crippen LogP contribution in [0.2, 0.25) is 0 Å². The molecule has 2 amide bonds. The Kier molecular flexibility index (Phi) is 5.34. The summed E-state index contributed by atoms with van der Waals surface area (Å²) in [5.41, 5.74) is 0. The minimum absolute atomic E-state index is 0.0545. The zero-order chi connectivity index (χ0) is 14.6. The van der Waals surface area contributed by atoms with Gasteiger partial charge >= 0.3 is 0 Å². The van der Waals surface area contributed by atoms with Gasteiger partial charge in [0, 0.05) is 19.5 Å². The molecule has 0 radical (unpaired) electrons. The molecule has 0 aromatic heterocycles. The summed E-state index contributed by atoms with van der Waals surface area (Å²) < 4.78 is 23.5. The van der Waals surface area contributed by atoms with E-state index in [1.54, 1.807) is 13.8 Å². The summed E-state index contributed by atoms with van der Waals surface area (Å²) >= 11 is 0. The number of hydrogen-bond acceptors (Lipinski definition) is 4. The van der Waals surface area contributed by atoms with E-state index in [2.05, 4.69) is 5.32 Å². The molecule has 1 heterocycles. The fourth-order valence-corrected chi connectivity index (χ4v) is 2.81. The van der Waals surface area contributed by atoms with E-state index in [0.29, 0.717) is 6.42 Å². The van der Waals surface area contributed by atoms with Gasteiger partial charge < -0.3 is 10.2 Å². The maximum atomic E-state index is 12.1. The molecule has 1 fully saturated rings. The molecule has 1 aliphatic rings. The van der Waals surface area contributed by atoms with E-state index >= 15 is 0 Å². The van der Waals surface area contributed by atoms with Gasteiger partial charge in [0.1, 0.15) is 6.04 Å². The second kappa shape index (κ2) is 6.36. The van der Waals surface area contributed by atoms with Crippen molar-refractivity contribution in [1.29, 1.82) is 0 Å². The average molecular weight is 290 g/mol. The van der Waals surface area contributed by atoms with Crippen LogP contribution >= 0.6 is 0 Å².